The zero-order valence-corrected chi connectivity index (χ0v) is 25.9. The van der Waals surface area contributed by atoms with Crippen LogP contribution in [0, 0.1) is 5.92 Å². The summed E-state index contributed by atoms with van der Waals surface area (Å²) in [6.07, 6.45) is -9.22. The molecule has 4 aromatic carbocycles. The Labute approximate surface area is 255 Å². The van der Waals surface area contributed by atoms with Gasteiger partial charge < -0.3 is 0 Å². The van der Waals surface area contributed by atoms with Crippen molar-refractivity contribution in [3.05, 3.63) is 126 Å². The van der Waals surface area contributed by atoms with Crippen LogP contribution in [-0.2, 0) is 12.4 Å². The second kappa shape index (κ2) is 12.4. The molecule has 4 aromatic rings. The molecule has 43 heavy (non-hydrogen) atoms. The van der Waals surface area contributed by atoms with Gasteiger partial charge in [0, 0.05) is 0 Å². The summed E-state index contributed by atoms with van der Waals surface area (Å²) in [6.45, 7) is 3.83. The molecule has 0 fully saturated rings. The van der Waals surface area contributed by atoms with Crippen molar-refractivity contribution in [3.8, 4) is 0 Å². The van der Waals surface area contributed by atoms with E-state index >= 15 is 0 Å². The third-order valence-corrected chi connectivity index (χ3v) is 17.7. The third-order valence-electron chi connectivity index (χ3n) is 7.92. The van der Waals surface area contributed by atoms with Crippen LogP contribution >= 0.6 is 20.8 Å². The first-order valence-electron chi connectivity index (χ1n) is 13.7. The Morgan fingerprint density at radius 1 is 0.721 bits per heavy atom. The SMILES string of the molecule is CC[C@H](C)[C@@H](CP(Br)(c1ccccc1)(c1ccccc1)c1ccccc1)NC(=O)c1cc(C(F)(F)F)cc(C(F)(F)F)c1. The molecule has 10 heteroatoms. The van der Waals surface area contributed by atoms with E-state index in [2.05, 4.69) is 20.8 Å². The number of carbonyl (C=O) groups excluding carboxylic acids is 1. The average molecular weight is 682 g/mol. The van der Waals surface area contributed by atoms with Gasteiger partial charge in [0.05, 0.1) is 0 Å². The first kappa shape index (κ1) is 32.7. The number of carbonyl (C=O) groups is 1. The zero-order chi connectivity index (χ0) is 31.5. The van der Waals surface area contributed by atoms with Crippen molar-refractivity contribution >= 4 is 42.6 Å². The summed E-state index contributed by atoms with van der Waals surface area (Å²) in [7, 11) is 0. The van der Waals surface area contributed by atoms with E-state index in [1.54, 1.807) is 0 Å². The fourth-order valence-corrected chi connectivity index (χ4v) is 13.5. The number of rotatable bonds is 9. The normalized spacial score (nSPS) is 14.8. The average Bonchev–Trinajstić information content (AvgIpc) is 3.00. The molecule has 228 valence electrons. The van der Waals surface area contributed by atoms with Crippen molar-refractivity contribution in [1.29, 1.82) is 0 Å². The maximum absolute atomic E-state index is 13.6. The van der Waals surface area contributed by atoms with Crippen molar-refractivity contribution in [2.75, 3.05) is 6.16 Å². The molecule has 2 nitrogen and oxygen atoms in total. The molecule has 0 aliphatic carbocycles. The first-order valence-corrected chi connectivity index (χ1v) is 18.1. The molecule has 0 aromatic heterocycles. The number of alkyl halides is 6. The van der Waals surface area contributed by atoms with Gasteiger partial charge in [-0.3, -0.25) is 0 Å². The summed E-state index contributed by atoms with van der Waals surface area (Å²) in [6, 6.07) is 29.5. The van der Waals surface area contributed by atoms with Crippen LogP contribution in [0.2, 0.25) is 0 Å². The first-order chi connectivity index (χ1) is 20.2. The molecule has 0 saturated carbocycles. The second-order valence-corrected chi connectivity index (χ2v) is 19.6. The fourth-order valence-electron chi connectivity index (χ4n) is 5.34. The summed E-state index contributed by atoms with van der Waals surface area (Å²) in [5.74, 6) is -1.19. The van der Waals surface area contributed by atoms with Gasteiger partial charge in [0.2, 0.25) is 0 Å². The van der Waals surface area contributed by atoms with E-state index < -0.39 is 46.3 Å². The van der Waals surface area contributed by atoms with E-state index in [9.17, 15) is 31.1 Å². The molecule has 0 radical (unpaired) electrons. The van der Waals surface area contributed by atoms with Gasteiger partial charge in [0.1, 0.15) is 0 Å². The Balaban J connectivity index is 1.90. The van der Waals surface area contributed by atoms with Crippen LogP contribution in [0.25, 0.3) is 0 Å². The molecule has 0 spiro atoms. The van der Waals surface area contributed by atoms with Crippen LogP contribution in [0.4, 0.5) is 26.3 Å². The van der Waals surface area contributed by atoms with Gasteiger partial charge in [-0.1, -0.05) is 0 Å². The number of halogens is 7. The van der Waals surface area contributed by atoms with Crippen LogP contribution in [-0.4, -0.2) is 18.1 Å². The summed E-state index contributed by atoms with van der Waals surface area (Å²) in [5, 5.41) is 2.15. The molecule has 0 aliphatic heterocycles. The number of hydrogen-bond acceptors (Lipinski definition) is 1. The van der Waals surface area contributed by atoms with E-state index in [-0.39, 0.29) is 12.0 Å². The van der Waals surface area contributed by atoms with Crippen LogP contribution < -0.4 is 21.2 Å². The standard InChI is InChI=1S/C33H31BrF6NOP/c1-3-23(2)30(41-31(42)24-19-25(32(35,36)37)21-26(20-24)33(38,39)40)22-43(34,27-13-7-4-8-14-27,28-15-9-5-10-16-28)29-17-11-6-12-18-29/h4-21,23,30H,3,22H2,1-2H3,(H,41,42)/t23-,30+/m0/s1. The fraction of sp³-hybridized carbons (Fsp3) is 0.242. The Morgan fingerprint density at radius 2 is 1.09 bits per heavy atom. The van der Waals surface area contributed by atoms with E-state index in [4.69, 9.17) is 0 Å². The molecule has 0 aliphatic rings. The third kappa shape index (κ3) is 6.68. The number of hydrogen-bond donors (Lipinski definition) is 1. The van der Waals surface area contributed by atoms with Crippen molar-refractivity contribution in [3.63, 3.8) is 0 Å². The summed E-state index contributed by atoms with van der Waals surface area (Å²) >= 11 is 4.32. The van der Waals surface area contributed by atoms with Crippen LogP contribution in [0.5, 0.6) is 0 Å². The molecule has 1 N–H and O–H groups in total. The van der Waals surface area contributed by atoms with Gasteiger partial charge in [0.15, 0.2) is 0 Å². The molecule has 0 unspecified atom stereocenters. The number of benzene rings is 4. The van der Waals surface area contributed by atoms with Gasteiger partial charge in [-0.25, -0.2) is 0 Å². The predicted octanol–water partition coefficient (Wildman–Crippen LogP) is 8.71. The van der Waals surface area contributed by atoms with Crippen molar-refractivity contribution in [2.24, 2.45) is 5.92 Å². The molecular formula is C33H31BrF6NOP. The van der Waals surface area contributed by atoms with Gasteiger partial charge in [-0.15, -0.1) is 0 Å². The topological polar surface area (TPSA) is 29.1 Å². The summed E-state index contributed by atoms with van der Waals surface area (Å²) in [5.41, 5.74) is -3.78. The maximum atomic E-state index is 13.6. The number of nitrogens with one attached hydrogen (secondary N) is 1. The molecular weight excluding hydrogens is 651 g/mol. The van der Waals surface area contributed by atoms with Crippen molar-refractivity contribution < 1.29 is 31.1 Å². The van der Waals surface area contributed by atoms with Crippen LogP contribution in [0.1, 0.15) is 41.8 Å². The van der Waals surface area contributed by atoms with Gasteiger partial charge in [0.25, 0.3) is 0 Å². The predicted molar refractivity (Wildman–Crippen MR) is 166 cm³/mol. The minimum absolute atomic E-state index is 0.0220. The van der Waals surface area contributed by atoms with E-state index in [0.29, 0.717) is 24.7 Å². The van der Waals surface area contributed by atoms with Crippen LogP contribution in [0.15, 0.2) is 109 Å². The van der Waals surface area contributed by atoms with Crippen LogP contribution in [0.3, 0.4) is 0 Å². The quantitative estimate of drug-likeness (QED) is 0.139. The van der Waals surface area contributed by atoms with Crippen molar-refractivity contribution in [1.82, 2.24) is 5.32 Å². The Morgan fingerprint density at radius 3 is 1.42 bits per heavy atom. The Bertz CT molecular complexity index is 1410. The van der Waals surface area contributed by atoms with E-state index in [1.165, 1.54) is 0 Å². The Hall–Kier alpha value is -3.16. The number of amides is 1. The van der Waals surface area contributed by atoms with Gasteiger partial charge in [-0.05, 0) is 0 Å². The monoisotopic (exact) mass is 681 g/mol. The van der Waals surface area contributed by atoms with Crippen molar-refractivity contribution in [2.45, 2.75) is 38.7 Å². The molecule has 2 atom stereocenters. The van der Waals surface area contributed by atoms with E-state index in [1.807, 2.05) is 105 Å². The van der Waals surface area contributed by atoms with E-state index in [0.717, 1.165) is 15.9 Å². The Kier molecular flexibility index (Phi) is 9.48. The summed E-state index contributed by atoms with van der Waals surface area (Å²) < 4.78 is 81.5. The molecule has 0 saturated heterocycles. The zero-order valence-electron chi connectivity index (χ0n) is 23.5. The summed E-state index contributed by atoms with van der Waals surface area (Å²) in [4.78, 5) is 13.6. The second-order valence-electron chi connectivity index (χ2n) is 10.6. The molecule has 1 amide bonds. The molecule has 0 heterocycles. The molecule has 4 rings (SSSR count). The minimum atomic E-state index is -5.07. The van der Waals surface area contributed by atoms with Gasteiger partial charge in [-0.2, -0.15) is 0 Å². The van der Waals surface area contributed by atoms with Gasteiger partial charge >= 0.3 is 256 Å². The molecule has 0 bridgehead atoms.